The van der Waals surface area contributed by atoms with E-state index in [0.717, 1.165) is 0 Å². The van der Waals surface area contributed by atoms with E-state index in [1.54, 1.807) is 0 Å². The molecule has 0 aliphatic rings. The molecule has 0 unspecified atom stereocenters. The van der Waals surface area contributed by atoms with E-state index in [-0.39, 0.29) is 0 Å². The van der Waals surface area contributed by atoms with Gasteiger partial charge in [-0.15, -0.1) is 0 Å². The molecule has 0 bridgehead atoms. The van der Waals surface area contributed by atoms with Gasteiger partial charge in [0.25, 0.3) is 0 Å². The Labute approximate surface area is 140 Å². The van der Waals surface area contributed by atoms with Gasteiger partial charge in [0.15, 0.2) is 0 Å². The molecular weight excluding hydrogens is 272 g/mol. The van der Waals surface area contributed by atoms with E-state index in [1.165, 1.54) is 114 Å². The van der Waals surface area contributed by atoms with Gasteiger partial charge in [0.05, 0.1) is 0 Å². The molecular formula is C20H42S. The maximum atomic E-state index is 2.30. The quantitative estimate of drug-likeness (QED) is 0.231. The van der Waals surface area contributed by atoms with Gasteiger partial charge in [0.2, 0.25) is 0 Å². The second-order valence-corrected chi connectivity index (χ2v) is 7.79. The Morgan fingerprint density at radius 2 is 0.667 bits per heavy atom. The van der Waals surface area contributed by atoms with E-state index in [9.17, 15) is 0 Å². The van der Waals surface area contributed by atoms with Gasteiger partial charge in [-0.1, -0.05) is 104 Å². The van der Waals surface area contributed by atoms with Crippen molar-refractivity contribution in [1.29, 1.82) is 0 Å². The third kappa shape index (κ3) is 20.4. The number of rotatable bonds is 18. The third-order valence-corrected chi connectivity index (χ3v) is 5.44. The predicted molar refractivity (Wildman–Crippen MR) is 103 cm³/mol. The lowest BCUT2D eigenvalue weighted by atomic mass is 10.1. The minimum Gasteiger partial charge on any atom is -0.162 e. The van der Waals surface area contributed by atoms with E-state index in [2.05, 4.69) is 25.6 Å². The Balaban J connectivity index is 2.90. The van der Waals surface area contributed by atoms with E-state index >= 15 is 0 Å². The van der Waals surface area contributed by atoms with Crippen molar-refractivity contribution in [3.8, 4) is 0 Å². The average molecular weight is 315 g/mol. The fourth-order valence-electron chi connectivity index (χ4n) is 2.78. The van der Waals surface area contributed by atoms with Crippen molar-refractivity contribution in [1.82, 2.24) is 0 Å². The summed E-state index contributed by atoms with van der Waals surface area (Å²) in [6.07, 6.45) is 23.2. The van der Waals surface area contributed by atoms with Gasteiger partial charge in [-0.3, -0.25) is 0 Å². The van der Waals surface area contributed by atoms with Gasteiger partial charge in [0, 0.05) is 0 Å². The summed E-state index contributed by atoms with van der Waals surface area (Å²) >= 11 is 2.20. The molecule has 0 aliphatic carbocycles. The number of hydrogen-bond acceptors (Lipinski definition) is 1. The van der Waals surface area contributed by atoms with Crippen molar-refractivity contribution in [3.05, 3.63) is 0 Å². The van der Waals surface area contributed by atoms with Crippen molar-refractivity contribution in [2.45, 2.75) is 117 Å². The summed E-state index contributed by atoms with van der Waals surface area (Å²) in [5.74, 6) is 2.82. The summed E-state index contributed by atoms with van der Waals surface area (Å²) in [4.78, 5) is 0. The van der Waals surface area contributed by atoms with Crippen LogP contribution in [0.4, 0.5) is 0 Å². The smallest absolute Gasteiger partial charge is 0.00675 e. The molecule has 0 N–H and O–H groups in total. The van der Waals surface area contributed by atoms with Crippen LogP contribution in [0.5, 0.6) is 0 Å². The monoisotopic (exact) mass is 314 g/mol. The van der Waals surface area contributed by atoms with E-state index < -0.39 is 0 Å². The van der Waals surface area contributed by atoms with Gasteiger partial charge in [-0.2, -0.15) is 11.8 Å². The molecule has 0 atom stereocenters. The first kappa shape index (κ1) is 21.4. The zero-order chi connectivity index (χ0) is 15.4. The van der Waals surface area contributed by atoms with Crippen LogP contribution in [0, 0.1) is 0 Å². The van der Waals surface area contributed by atoms with Crippen LogP contribution in [0.1, 0.15) is 117 Å². The molecule has 0 aromatic rings. The van der Waals surface area contributed by atoms with Gasteiger partial charge in [-0.05, 0) is 24.3 Å². The second-order valence-electron chi connectivity index (χ2n) is 6.56. The Morgan fingerprint density at radius 1 is 0.381 bits per heavy atom. The molecule has 0 saturated carbocycles. The largest absolute Gasteiger partial charge is 0.162 e. The van der Waals surface area contributed by atoms with Crippen LogP contribution in [0.3, 0.4) is 0 Å². The molecule has 0 spiro atoms. The first-order valence-corrected chi connectivity index (χ1v) is 11.1. The molecule has 21 heavy (non-hydrogen) atoms. The summed E-state index contributed by atoms with van der Waals surface area (Å²) in [6, 6.07) is 0. The molecule has 0 nitrogen and oxygen atoms in total. The van der Waals surface area contributed by atoms with Gasteiger partial charge in [-0.25, -0.2) is 0 Å². The maximum absolute atomic E-state index is 2.30. The van der Waals surface area contributed by atoms with Gasteiger partial charge in [0.1, 0.15) is 0 Å². The molecule has 128 valence electrons. The molecule has 0 heterocycles. The van der Waals surface area contributed by atoms with Crippen LogP contribution in [0.15, 0.2) is 0 Å². The average Bonchev–Trinajstić information content (AvgIpc) is 2.50. The topological polar surface area (TPSA) is 0 Å². The van der Waals surface area contributed by atoms with E-state index in [1.807, 2.05) is 0 Å². The minimum atomic E-state index is 1.37. The van der Waals surface area contributed by atoms with Crippen LogP contribution in [-0.2, 0) is 0 Å². The summed E-state index contributed by atoms with van der Waals surface area (Å²) in [6.45, 7) is 4.59. The fourth-order valence-corrected chi connectivity index (χ4v) is 3.80. The lowest BCUT2D eigenvalue weighted by molar-refractivity contribution is 0.573. The lowest BCUT2D eigenvalue weighted by Crippen LogP contribution is -1.87. The fraction of sp³-hybridized carbons (Fsp3) is 1.00. The Morgan fingerprint density at radius 3 is 1.00 bits per heavy atom. The van der Waals surface area contributed by atoms with Crippen LogP contribution >= 0.6 is 11.8 Å². The predicted octanol–water partition coefficient (Wildman–Crippen LogP) is 8.00. The molecule has 0 rings (SSSR count). The molecule has 1 heteroatoms. The van der Waals surface area contributed by atoms with Crippen molar-refractivity contribution in [3.63, 3.8) is 0 Å². The van der Waals surface area contributed by atoms with Crippen molar-refractivity contribution < 1.29 is 0 Å². The molecule has 0 fully saturated rings. The van der Waals surface area contributed by atoms with Crippen LogP contribution in [0.25, 0.3) is 0 Å². The summed E-state index contributed by atoms with van der Waals surface area (Å²) in [5, 5.41) is 0. The van der Waals surface area contributed by atoms with Crippen LogP contribution in [0.2, 0.25) is 0 Å². The van der Waals surface area contributed by atoms with Gasteiger partial charge < -0.3 is 0 Å². The van der Waals surface area contributed by atoms with Crippen molar-refractivity contribution in [2.24, 2.45) is 0 Å². The Bertz CT molecular complexity index is 149. The number of thioether (sulfide) groups is 1. The number of unbranched alkanes of at least 4 members (excludes halogenated alkanes) is 14. The molecule has 0 aromatic carbocycles. The molecule has 0 aliphatic heterocycles. The lowest BCUT2D eigenvalue weighted by Gasteiger charge is -2.03. The maximum Gasteiger partial charge on any atom is -0.00675 e. The highest BCUT2D eigenvalue weighted by Gasteiger charge is 1.94. The SMILES string of the molecule is CCCCCCCCCCCSCCCCCCCCC. The molecule has 0 aromatic heterocycles. The van der Waals surface area contributed by atoms with E-state index in [0.29, 0.717) is 0 Å². The highest BCUT2D eigenvalue weighted by atomic mass is 32.2. The van der Waals surface area contributed by atoms with Crippen molar-refractivity contribution >= 4 is 11.8 Å². The summed E-state index contributed by atoms with van der Waals surface area (Å²) in [5.41, 5.74) is 0. The highest BCUT2D eigenvalue weighted by molar-refractivity contribution is 7.99. The van der Waals surface area contributed by atoms with E-state index in [4.69, 9.17) is 0 Å². The zero-order valence-electron chi connectivity index (χ0n) is 15.1. The Kier molecular flexibility index (Phi) is 20.7. The van der Waals surface area contributed by atoms with Crippen LogP contribution in [-0.4, -0.2) is 11.5 Å². The third-order valence-electron chi connectivity index (χ3n) is 4.28. The zero-order valence-corrected chi connectivity index (χ0v) is 16.0. The van der Waals surface area contributed by atoms with Crippen LogP contribution < -0.4 is 0 Å². The van der Waals surface area contributed by atoms with Gasteiger partial charge >= 0.3 is 0 Å². The first-order valence-electron chi connectivity index (χ1n) is 9.99. The Hall–Kier alpha value is 0.350. The first-order chi connectivity index (χ1) is 10.4. The highest BCUT2D eigenvalue weighted by Crippen LogP contribution is 2.14. The minimum absolute atomic E-state index is 1.37. The second kappa shape index (κ2) is 20.3. The van der Waals surface area contributed by atoms with Crippen molar-refractivity contribution in [2.75, 3.05) is 11.5 Å². The molecule has 0 radical (unpaired) electrons. The molecule has 0 saturated heterocycles. The standard InChI is InChI=1S/C20H42S/c1-3-5-7-9-11-12-14-16-18-20-21-19-17-15-13-10-8-6-4-2/h3-20H2,1-2H3. The number of hydrogen-bond donors (Lipinski definition) is 0. The molecule has 0 amide bonds. The summed E-state index contributed by atoms with van der Waals surface area (Å²) in [7, 11) is 0. The summed E-state index contributed by atoms with van der Waals surface area (Å²) < 4.78 is 0. The normalized spacial score (nSPS) is 11.1.